The first kappa shape index (κ1) is 14.5. The molecule has 0 spiro atoms. The van der Waals surface area contributed by atoms with Crippen molar-refractivity contribution in [2.24, 2.45) is 5.92 Å². The summed E-state index contributed by atoms with van der Waals surface area (Å²) in [5, 5.41) is 10.3. The van der Waals surface area contributed by atoms with E-state index in [9.17, 15) is 9.90 Å². The first-order chi connectivity index (χ1) is 8.56. The van der Waals surface area contributed by atoms with Gasteiger partial charge in [-0.1, -0.05) is 35.9 Å². The molecule has 3 nitrogen and oxygen atoms in total. The lowest BCUT2D eigenvalue weighted by Gasteiger charge is -2.21. The van der Waals surface area contributed by atoms with Gasteiger partial charge in [0.25, 0.3) is 0 Å². The smallest absolute Gasteiger partial charge is 0.312 e. The Hall–Kier alpha value is -1.61. The molecule has 18 heavy (non-hydrogen) atoms. The molecule has 1 aromatic carbocycles. The van der Waals surface area contributed by atoms with E-state index in [2.05, 4.69) is 6.58 Å². The molecule has 1 N–H and O–H groups in total. The molecule has 0 saturated carbocycles. The summed E-state index contributed by atoms with van der Waals surface area (Å²) in [5.41, 5.74) is 1.57. The summed E-state index contributed by atoms with van der Waals surface area (Å²) in [5.74, 6) is -0.971. The van der Waals surface area contributed by atoms with Crippen molar-refractivity contribution in [3.63, 3.8) is 0 Å². The molecule has 0 aliphatic heterocycles. The SMILES string of the molecule is C=C(C)C[C@H](C(=O)OCC)[C@H](O)c1ccccc1. The molecule has 0 aliphatic carbocycles. The van der Waals surface area contributed by atoms with Gasteiger partial charge in [-0.05, 0) is 25.8 Å². The lowest BCUT2D eigenvalue weighted by Crippen LogP contribution is -2.25. The molecule has 0 amide bonds. The van der Waals surface area contributed by atoms with E-state index in [0.717, 1.165) is 11.1 Å². The lowest BCUT2D eigenvalue weighted by atomic mass is 9.90. The normalized spacial score (nSPS) is 13.7. The van der Waals surface area contributed by atoms with E-state index in [0.29, 0.717) is 13.0 Å². The van der Waals surface area contributed by atoms with Gasteiger partial charge in [-0.25, -0.2) is 0 Å². The highest BCUT2D eigenvalue weighted by molar-refractivity contribution is 5.73. The molecule has 0 saturated heterocycles. The van der Waals surface area contributed by atoms with Gasteiger partial charge < -0.3 is 9.84 Å². The predicted octanol–water partition coefficient (Wildman–Crippen LogP) is 2.87. The Morgan fingerprint density at radius 2 is 2.00 bits per heavy atom. The summed E-state index contributed by atoms with van der Waals surface area (Å²) in [6.45, 7) is 7.70. The van der Waals surface area contributed by atoms with Crippen LogP contribution in [0.25, 0.3) is 0 Å². The van der Waals surface area contributed by atoms with E-state index in [1.807, 2.05) is 25.1 Å². The van der Waals surface area contributed by atoms with E-state index in [1.54, 1.807) is 19.1 Å². The first-order valence-corrected chi connectivity index (χ1v) is 6.10. The molecule has 1 rings (SSSR count). The van der Waals surface area contributed by atoms with Crippen LogP contribution in [0, 0.1) is 5.92 Å². The van der Waals surface area contributed by atoms with Crippen LogP contribution in [-0.2, 0) is 9.53 Å². The zero-order valence-electron chi connectivity index (χ0n) is 10.9. The Kier molecular flexibility index (Phi) is 5.59. The summed E-state index contributed by atoms with van der Waals surface area (Å²) in [7, 11) is 0. The Bertz CT molecular complexity index is 397. The molecule has 98 valence electrons. The zero-order chi connectivity index (χ0) is 13.5. The monoisotopic (exact) mass is 248 g/mol. The number of benzene rings is 1. The molecular formula is C15H20O3. The number of carbonyl (C=O) groups is 1. The van der Waals surface area contributed by atoms with Crippen molar-refractivity contribution < 1.29 is 14.6 Å². The molecule has 0 radical (unpaired) electrons. The van der Waals surface area contributed by atoms with E-state index >= 15 is 0 Å². The first-order valence-electron chi connectivity index (χ1n) is 6.10. The molecule has 0 unspecified atom stereocenters. The van der Waals surface area contributed by atoms with E-state index < -0.39 is 12.0 Å². The number of hydrogen-bond donors (Lipinski definition) is 1. The second-order valence-corrected chi connectivity index (χ2v) is 4.38. The van der Waals surface area contributed by atoms with Crippen molar-refractivity contribution in [1.82, 2.24) is 0 Å². The number of carbonyl (C=O) groups excluding carboxylic acids is 1. The van der Waals surface area contributed by atoms with E-state index in [4.69, 9.17) is 4.74 Å². The summed E-state index contributed by atoms with van der Waals surface area (Å²) in [6.07, 6.45) is -0.434. The Labute approximate surface area is 108 Å². The highest BCUT2D eigenvalue weighted by atomic mass is 16.5. The summed E-state index contributed by atoms with van der Waals surface area (Å²) in [4.78, 5) is 11.9. The fourth-order valence-corrected chi connectivity index (χ4v) is 1.83. The Morgan fingerprint density at radius 1 is 1.39 bits per heavy atom. The third-order valence-corrected chi connectivity index (χ3v) is 2.68. The minimum absolute atomic E-state index is 0.313. The van der Waals surface area contributed by atoms with Crippen LogP contribution in [0.1, 0.15) is 31.9 Å². The second-order valence-electron chi connectivity index (χ2n) is 4.38. The maximum absolute atomic E-state index is 11.9. The average molecular weight is 248 g/mol. The highest BCUT2D eigenvalue weighted by Crippen LogP contribution is 2.28. The summed E-state index contributed by atoms with van der Waals surface area (Å²) < 4.78 is 5.01. The summed E-state index contributed by atoms with van der Waals surface area (Å²) in [6, 6.07) is 9.14. The minimum atomic E-state index is -0.859. The zero-order valence-corrected chi connectivity index (χ0v) is 10.9. The van der Waals surface area contributed by atoms with Crippen molar-refractivity contribution in [2.75, 3.05) is 6.61 Å². The Balaban J connectivity index is 2.88. The van der Waals surface area contributed by atoms with Gasteiger partial charge in [0.1, 0.15) is 0 Å². The predicted molar refractivity (Wildman–Crippen MR) is 71.0 cm³/mol. The number of aliphatic hydroxyl groups excluding tert-OH is 1. The number of aliphatic hydroxyl groups is 1. The average Bonchev–Trinajstić information content (AvgIpc) is 2.36. The quantitative estimate of drug-likeness (QED) is 0.622. The van der Waals surface area contributed by atoms with Gasteiger partial charge in [0.2, 0.25) is 0 Å². The fraction of sp³-hybridized carbons (Fsp3) is 0.400. The molecule has 3 heteroatoms. The Morgan fingerprint density at radius 3 is 2.50 bits per heavy atom. The molecule has 1 aromatic rings. The van der Waals surface area contributed by atoms with Gasteiger partial charge in [0.05, 0.1) is 18.6 Å². The number of rotatable bonds is 6. The lowest BCUT2D eigenvalue weighted by molar-refractivity contribution is -0.152. The van der Waals surface area contributed by atoms with Crippen molar-refractivity contribution in [3.8, 4) is 0 Å². The molecule has 0 aromatic heterocycles. The van der Waals surface area contributed by atoms with Crippen LogP contribution in [0.5, 0.6) is 0 Å². The van der Waals surface area contributed by atoms with Crippen LogP contribution in [0.2, 0.25) is 0 Å². The van der Waals surface area contributed by atoms with Crippen molar-refractivity contribution in [1.29, 1.82) is 0 Å². The van der Waals surface area contributed by atoms with Crippen molar-refractivity contribution in [2.45, 2.75) is 26.4 Å². The molecule has 0 heterocycles. The van der Waals surface area contributed by atoms with Crippen LogP contribution in [-0.4, -0.2) is 17.7 Å². The number of hydrogen-bond acceptors (Lipinski definition) is 3. The molecule has 0 aliphatic rings. The van der Waals surface area contributed by atoms with Gasteiger partial charge in [-0.2, -0.15) is 0 Å². The van der Waals surface area contributed by atoms with Crippen LogP contribution < -0.4 is 0 Å². The largest absolute Gasteiger partial charge is 0.466 e. The number of ether oxygens (including phenoxy) is 1. The molecular weight excluding hydrogens is 228 g/mol. The van der Waals surface area contributed by atoms with Crippen LogP contribution in [0.4, 0.5) is 0 Å². The van der Waals surface area contributed by atoms with Gasteiger partial charge in [-0.3, -0.25) is 4.79 Å². The van der Waals surface area contributed by atoms with Crippen molar-refractivity contribution >= 4 is 5.97 Å². The van der Waals surface area contributed by atoms with Crippen molar-refractivity contribution in [3.05, 3.63) is 48.0 Å². The number of allylic oxidation sites excluding steroid dienone is 1. The third-order valence-electron chi connectivity index (χ3n) is 2.68. The van der Waals surface area contributed by atoms with Crippen LogP contribution in [0.15, 0.2) is 42.5 Å². The summed E-state index contributed by atoms with van der Waals surface area (Å²) >= 11 is 0. The highest BCUT2D eigenvalue weighted by Gasteiger charge is 2.29. The van der Waals surface area contributed by atoms with Crippen LogP contribution in [0.3, 0.4) is 0 Å². The van der Waals surface area contributed by atoms with E-state index in [-0.39, 0.29) is 5.97 Å². The standard InChI is InChI=1S/C15H20O3/c1-4-18-15(17)13(10-11(2)3)14(16)12-8-6-5-7-9-12/h5-9,13-14,16H,2,4,10H2,1,3H3/t13-,14+/m0/s1. The van der Waals surface area contributed by atoms with Gasteiger partial charge >= 0.3 is 5.97 Å². The fourth-order valence-electron chi connectivity index (χ4n) is 1.83. The maximum atomic E-state index is 11.9. The van der Waals surface area contributed by atoms with Gasteiger partial charge in [0, 0.05) is 0 Å². The second kappa shape index (κ2) is 6.97. The topological polar surface area (TPSA) is 46.5 Å². The number of esters is 1. The molecule has 0 bridgehead atoms. The van der Waals surface area contributed by atoms with Gasteiger partial charge in [0.15, 0.2) is 0 Å². The van der Waals surface area contributed by atoms with Crippen LogP contribution >= 0.6 is 0 Å². The third kappa shape index (κ3) is 4.00. The van der Waals surface area contributed by atoms with E-state index in [1.165, 1.54) is 0 Å². The minimum Gasteiger partial charge on any atom is -0.466 e. The molecule has 0 fully saturated rings. The maximum Gasteiger partial charge on any atom is 0.312 e. The van der Waals surface area contributed by atoms with Gasteiger partial charge in [-0.15, -0.1) is 6.58 Å². The molecule has 2 atom stereocenters.